The highest BCUT2D eigenvalue weighted by Crippen LogP contribution is 2.30. The summed E-state index contributed by atoms with van der Waals surface area (Å²) in [5.74, 6) is 1.24. The smallest absolute Gasteiger partial charge is 0.299 e. The summed E-state index contributed by atoms with van der Waals surface area (Å²) in [7, 11) is 1.59. The van der Waals surface area contributed by atoms with Crippen molar-refractivity contribution in [1.29, 1.82) is 0 Å². The van der Waals surface area contributed by atoms with Crippen molar-refractivity contribution in [3.05, 3.63) is 100 Å². The van der Waals surface area contributed by atoms with Gasteiger partial charge in [-0.05, 0) is 75.4 Å². The van der Waals surface area contributed by atoms with E-state index in [-0.39, 0.29) is 23.4 Å². The molecule has 0 saturated heterocycles. The lowest BCUT2D eigenvalue weighted by molar-refractivity contribution is 0.0943. The number of ether oxygens (including phenoxy) is 2. The van der Waals surface area contributed by atoms with Crippen LogP contribution >= 0.6 is 0 Å². The fourth-order valence-corrected chi connectivity index (χ4v) is 3.50. The number of carbonyl (C=O) groups excluding carboxylic acids is 1. The summed E-state index contributed by atoms with van der Waals surface area (Å²) >= 11 is 0. The summed E-state index contributed by atoms with van der Waals surface area (Å²) in [5, 5.41) is 10.4. The molecule has 0 aliphatic heterocycles. The Hall–Kier alpha value is -4.59. The molecule has 0 spiro atoms. The second kappa shape index (κ2) is 10.8. The van der Waals surface area contributed by atoms with Crippen LogP contribution in [0.25, 0.3) is 5.69 Å². The zero-order valence-electron chi connectivity index (χ0n) is 20.6. The van der Waals surface area contributed by atoms with Gasteiger partial charge in [0, 0.05) is 17.3 Å². The predicted molar refractivity (Wildman–Crippen MR) is 140 cm³/mol. The number of amides is 1. The molecule has 0 saturated carbocycles. The molecule has 0 bridgehead atoms. The fourth-order valence-electron chi connectivity index (χ4n) is 3.50. The average molecular weight is 485 g/mol. The van der Waals surface area contributed by atoms with E-state index >= 15 is 0 Å². The molecule has 0 aliphatic carbocycles. The number of aromatic nitrogens is 2. The first-order valence-corrected chi connectivity index (χ1v) is 11.5. The normalized spacial score (nSPS) is 10.7. The molecule has 0 atom stereocenters. The van der Waals surface area contributed by atoms with E-state index in [4.69, 9.17) is 9.47 Å². The van der Waals surface area contributed by atoms with E-state index in [2.05, 4.69) is 15.7 Å². The van der Waals surface area contributed by atoms with Crippen LogP contribution in [-0.4, -0.2) is 28.8 Å². The van der Waals surface area contributed by atoms with Crippen molar-refractivity contribution in [2.75, 3.05) is 12.4 Å². The van der Waals surface area contributed by atoms with Gasteiger partial charge in [0.25, 0.3) is 11.5 Å². The van der Waals surface area contributed by atoms with Gasteiger partial charge >= 0.3 is 0 Å². The van der Waals surface area contributed by atoms with Gasteiger partial charge in [-0.3, -0.25) is 9.59 Å². The van der Waals surface area contributed by atoms with Crippen LogP contribution in [0.3, 0.4) is 0 Å². The SMILES string of the molecule is COc1ccc(Oc2cnn(-c3ccc(C)cc3)c(=O)c2Nc2cccc(C(=O)NC(C)C)c2)cc1. The molecule has 0 radical (unpaired) electrons. The monoisotopic (exact) mass is 484 g/mol. The van der Waals surface area contributed by atoms with Crippen LogP contribution in [-0.2, 0) is 0 Å². The van der Waals surface area contributed by atoms with Crippen LogP contribution in [0.2, 0.25) is 0 Å². The van der Waals surface area contributed by atoms with Gasteiger partial charge in [0.1, 0.15) is 11.5 Å². The van der Waals surface area contributed by atoms with Crippen LogP contribution in [0, 0.1) is 6.92 Å². The molecule has 0 unspecified atom stereocenters. The summed E-state index contributed by atoms with van der Waals surface area (Å²) < 4.78 is 12.5. The summed E-state index contributed by atoms with van der Waals surface area (Å²) in [5.41, 5.74) is 2.50. The lowest BCUT2D eigenvalue weighted by atomic mass is 10.1. The highest BCUT2D eigenvalue weighted by atomic mass is 16.5. The van der Waals surface area contributed by atoms with Gasteiger partial charge in [0.15, 0.2) is 11.4 Å². The van der Waals surface area contributed by atoms with Gasteiger partial charge in [0.2, 0.25) is 0 Å². The summed E-state index contributed by atoms with van der Waals surface area (Å²) in [4.78, 5) is 26.1. The molecular weight excluding hydrogens is 456 g/mol. The van der Waals surface area contributed by atoms with Crippen molar-refractivity contribution in [1.82, 2.24) is 15.1 Å². The highest BCUT2D eigenvalue weighted by molar-refractivity contribution is 5.95. The number of hydrogen-bond acceptors (Lipinski definition) is 6. The second-order valence-electron chi connectivity index (χ2n) is 8.55. The highest BCUT2D eigenvalue weighted by Gasteiger charge is 2.16. The van der Waals surface area contributed by atoms with Crippen LogP contribution in [0.15, 0.2) is 83.8 Å². The first-order valence-electron chi connectivity index (χ1n) is 11.5. The molecule has 36 heavy (non-hydrogen) atoms. The van der Waals surface area contributed by atoms with Crippen LogP contribution in [0.1, 0.15) is 29.8 Å². The third kappa shape index (κ3) is 5.72. The number of methoxy groups -OCH3 is 1. The Morgan fingerprint density at radius 1 is 0.972 bits per heavy atom. The summed E-state index contributed by atoms with van der Waals surface area (Å²) in [6.07, 6.45) is 1.49. The first-order chi connectivity index (χ1) is 17.3. The standard InChI is InChI=1S/C28H28N4O4/c1-18(2)30-27(33)20-6-5-7-21(16-20)31-26-25(36-24-14-12-23(35-4)13-15-24)17-29-32(28(26)34)22-10-8-19(3)9-11-22/h5-18,31H,1-4H3,(H,30,33). The number of nitrogens with zero attached hydrogens (tertiary/aromatic N) is 2. The first kappa shape index (κ1) is 24.5. The molecule has 1 amide bonds. The average Bonchev–Trinajstić information content (AvgIpc) is 2.87. The number of nitrogens with one attached hydrogen (secondary N) is 2. The summed E-state index contributed by atoms with van der Waals surface area (Å²) in [6.45, 7) is 5.77. The van der Waals surface area contributed by atoms with Crippen molar-refractivity contribution < 1.29 is 14.3 Å². The molecule has 2 N–H and O–H groups in total. The van der Waals surface area contributed by atoms with Crippen molar-refractivity contribution in [3.8, 4) is 22.9 Å². The number of carbonyl (C=O) groups is 1. The Labute approximate surface area is 209 Å². The molecule has 4 aromatic rings. The molecule has 1 heterocycles. The minimum atomic E-state index is -0.401. The third-order valence-corrected chi connectivity index (χ3v) is 5.32. The molecule has 4 rings (SSSR count). The topological polar surface area (TPSA) is 94.5 Å². The largest absolute Gasteiger partial charge is 0.497 e. The maximum atomic E-state index is 13.6. The molecule has 1 aromatic heterocycles. The van der Waals surface area contributed by atoms with E-state index in [0.717, 1.165) is 5.56 Å². The number of rotatable bonds is 8. The Morgan fingerprint density at radius 2 is 1.67 bits per heavy atom. The van der Waals surface area contributed by atoms with Crippen LogP contribution < -0.4 is 25.7 Å². The number of anilines is 2. The summed E-state index contributed by atoms with van der Waals surface area (Å²) in [6, 6.07) is 21.4. The van der Waals surface area contributed by atoms with Gasteiger partial charge in [0.05, 0.1) is 19.0 Å². The minimum absolute atomic E-state index is 0.000485. The Morgan fingerprint density at radius 3 is 2.33 bits per heavy atom. The second-order valence-corrected chi connectivity index (χ2v) is 8.55. The van der Waals surface area contributed by atoms with Crippen molar-refractivity contribution in [2.24, 2.45) is 0 Å². The van der Waals surface area contributed by atoms with E-state index in [1.54, 1.807) is 55.6 Å². The molecular formula is C28H28N4O4. The fraction of sp³-hybridized carbons (Fsp3) is 0.179. The molecule has 184 valence electrons. The van der Waals surface area contributed by atoms with Crippen molar-refractivity contribution in [3.63, 3.8) is 0 Å². The number of hydrogen-bond donors (Lipinski definition) is 2. The third-order valence-electron chi connectivity index (χ3n) is 5.32. The molecule has 8 nitrogen and oxygen atoms in total. The van der Waals surface area contributed by atoms with Gasteiger partial charge in [-0.25, -0.2) is 0 Å². The van der Waals surface area contributed by atoms with Crippen molar-refractivity contribution >= 4 is 17.3 Å². The van der Waals surface area contributed by atoms with Gasteiger partial charge in [-0.1, -0.05) is 23.8 Å². The predicted octanol–water partition coefficient (Wildman–Crippen LogP) is 5.22. The molecule has 3 aromatic carbocycles. The van der Waals surface area contributed by atoms with E-state index in [0.29, 0.717) is 28.4 Å². The van der Waals surface area contributed by atoms with Gasteiger partial charge in [-0.2, -0.15) is 9.78 Å². The molecule has 0 fully saturated rings. The van der Waals surface area contributed by atoms with E-state index in [1.165, 1.54) is 10.9 Å². The minimum Gasteiger partial charge on any atom is -0.497 e. The van der Waals surface area contributed by atoms with Crippen molar-refractivity contribution in [2.45, 2.75) is 26.8 Å². The Balaban J connectivity index is 1.75. The maximum Gasteiger partial charge on any atom is 0.299 e. The quantitative estimate of drug-likeness (QED) is 0.356. The Bertz CT molecular complexity index is 1410. The van der Waals surface area contributed by atoms with Crippen LogP contribution in [0.5, 0.6) is 17.2 Å². The Kier molecular flexibility index (Phi) is 7.34. The lowest BCUT2D eigenvalue weighted by Crippen LogP contribution is -2.30. The van der Waals surface area contributed by atoms with E-state index in [1.807, 2.05) is 45.0 Å². The zero-order valence-corrected chi connectivity index (χ0v) is 20.6. The maximum absolute atomic E-state index is 13.6. The van der Waals surface area contributed by atoms with Gasteiger partial charge in [-0.15, -0.1) is 0 Å². The number of benzene rings is 3. The van der Waals surface area contributed by atoms with E-state index < -0.39 is 5.56 Å². The van der Waals surface area contributed by atoms with Crippen LogP contribution in [0.4, 0.5) is 11.4 Å². The number of aryl methyl sites for hydroxylation is 1. The lowest BCUT2D eigenvalue weighted by Gasteiger charge is -2.15. The molecule has 8 heteroatoms. The zero-order chi connectivity index (χ0) is 25.7. The van der Waals surface area contributed by atoms with E-state index in [9.17, 15) is 9.59 Å². The van der Waals surface area contributed by atoms with Gasteiger partial charge < -0.3 is 20.1 Å². The molecule has 0 aliphatic rings.